The summed E-state index contributed by atoms with van der Waals surface area (Å²) in [5.41, 5.74) is 4.60. The Morgan fingerprint density at radius 2 is 1.92 bits per heavy atom. The van der Waals surface area contributed by atoms with Gasteiger partial charge in [0.25, 0.3) is 0 Å². The monoisotopic (exact) mass is 325 g/mol. The fourth-order valence-electron chi connectivity index (χ4n) is 7.21. The summed E-state index contributed by atoms with van der Waals surface area (Å²) in [6, 6.07) is 6.90. The molecule has 0 amide bonds. The molecule has 3 atom stereocenters. The Balaban J connectivity index is 1.60. The van der Waals surface area contributed by atoms with Gasteiger partial charge in [-0.25, -0.2) is 0 Å². The Morgan fingerprint density at radius 3 is 2.58 bits per heavy atom. The molecular weight excluding hydrogens is 294 g/mol. The highest BCUT2D eigenvalue weighted by molar-refractivity contribution is 5.54. The summed E-state index contributed by atoms with van der Waals surface area (Å²) >= 11 is 0. The van der Waals surface area contributed by atoms with Crippen LogP contribution in [0.2, 0.25) is 0 Å². The quantitative estimate of drug-likeness (QED) is 0.884. The molecular formula is C22H31NO. The first-order valence-electron chi connectivity index (χ1n) is 9.86. The van der Waals surface area contributed by atoms with E-state index in [1.165, 1.54) is 56.3 Å². The molecule has 1 aliphatic heterocycles. The number of fused-ring (bicyclic) bond motifs is 2. The molecule has 3 unspecified atom stereocenters. The van der Waals surface area contributed by atoms with Crippen molar-refractivity contribution < 1.29 is 5.11 Å². The molecule has 1 aromatic carbocycles. The Bertz CT molecular complexity index is 719. The Kier molecular flexibility index (Phi) is 2.67. The fourth-order valence-corrected chi connectivity index (χ4v) is 7.21. The number of hydrogen-bond acceptors (Lipinski definition) is 2. The van der Waals surface area contributed by atoms with Gasteiger partial charge in [0.15, 0.2) is 0 Å². The minimum atomic E-state index is 0.274. The second-order valence-corrected chi connectivity index (χ2v) is 10.1. The summed E-state index contributed by atoms with van der Waals surface area (Å²) in [6.07, 6.45) is 6.50. The largest absolute Gasteiger partial charge is 0.508 e. The van der Waals surface area contributed by atoms with E-state index in [9.17, 15) is 5.11 Å². The van der Waals surface area contributed by atoms with Crippen molar-refractivity contribution in [3.05, 3.63) is 29.3 Å². The highest BCUT2D eigenvalue weighted by Gasteiger charge is 2.83. The second-order valence-electron chi connectivity index (χ2n) is 10.1. The number of benzene rings is 1. The van der Waals surface area contributed by atoms with Crippen LogP contribution in [0.1, 0.15) is 64.5 Å². The highest BCUT2D eigenvalue weighted by atomic mass is 16.3. The van der Waals surface area contributed by atoms with E-state index in [4.69, 9.17) is 0 Å². The summed E-state index contributed by atoms with van der Waals surface area (Å²) < 4.78 is 0. The van der Waals surface area contributed by atoms with E-state index in [-0.39, 0.29) is 5.41 Å². The molecule has 4 aliphatic rings. The molecule has 1 saturated heterocycles. The van der Waals surface area contributed by atoms with Crippen LogP contribution in [0.4, 0.5) is 0 Å². The van der Waals surface area contributed by atoms with Gasteiger partial charge in [-0.05, 0) is 72.7 Å². The van der Waals surface area contributed by atoms with Gasteiger partial charge in [0.1, 0.15) is 5.75 Å². The zero-order chi connectivity index (χ0) is 17.0. The van der Waals surface area contributed by atoms with Gasteiger partial charge in [-0.2, -0.15) is 0 Å². The Labute approximate surface area is 146 Å². The van der Waals surface area contributed by atoms with Crippen molar-refractivity contribution in [2.75, 3.05) is 13.1 Å². The van der Waals surface area contributed by atoms with Crippen LogP contribution in [0.15, 0.2) is 18.2 Å². The summed E-state index contributed by atoms with van der Waals surface area (Å²) in [5.74, 6) is 0.446. The van der Waals surface area contributed by atoms with Crippen molar-refractivity contribution >= 4 is 0 Å². The molecule has 2 saturated carbocycles. The minimum absolute atomic E-state index is 0.274. The predicted octanol–water partition coefficient (Wildman–Crippen LogP) is 4.50. The zero-order valence-corrected chi connectivity index (χ0v) is 15.7. The normalized spacial score (nSPS) is 40.6. The van der Waals surface area contributed by atoms with Crippen molar-refractivity contribution in [2.24, 2.45) is 16.2 Å². The third-order valence-electron chi connectivity index (χ3n) is 8.63. The lowest BCUT2D eigenvalue weighted by Gasteiger charge is -2.45. The molecule has 130 valence electrons. The van der Waals surface area contributed by atoms with Crippen molar-refractivity contribution in [2.45, 2.75) is 71.3 Å². The van der Waals surface area contributed by atoms with Crippen LogP contribution in [0.3, 0.4) is 0 Å². The molecule has 1 spiro atoms. The summed E-state index contributed by atoms with van der Waals surface area (Å²) in [7, 11) is 0. The molecule has 0 bridgehead atoms. The summed E-state index contributed by atoms with van der Waals surface area (Å²) in [6.45, 7) is 12.4. The highest BCUT2D eigenvalue weighted by Crippen LogP contribution is 2.81. The Hall–Kier alpha value is -1.02. The number of phenols is 1. The van der Waals surface area contributed by atoms with E-state index in [1.807, 2.05) is 6.07 Å². The van der Waals surface area contributed by atoms with Crippen LogP contribution in [-0.4, -0.2) is 29.1 Å². The minimum Gasteiger partial charge on any atom is -0.508 e. The van der Waals surface area contributed by atoms with Crippen molar-refractivity contribution in [3.8, 4) is 5.75 Å². The molecule has 5 rings (SSSR count). The van der Waals surface area contributed by atoms with Gasteiger partial charge in [0, 0.05) is 23.4 Å². The zero-order valence-electron chi connectivity index (χ0n) is 15.7. The van der Waals surface area contributed by atoms with Crippen LogP contribution in [0.25, 0.3) is 0 Å². The SMILES string of the molecule is CCC12CCN(CC3(C)CC3)C3C(C)(C)C31Cc1ccc(O)cc12. The second kappa shape index (κ2) is 4.20. The smallest absolute Gasteiger partial charge is 0.115 e. The average Bonchev–Trinajstić information content (AvgIpc) is 3.33. The summed E-state index contributed by atoms with van der Waals surface area (Å²) in [4.78, 5) is 2.85. The van der Waals surface area contributed by atoms with Crippen molar-refractivity contribution in [1.29, 1.82) is 0 Å². The summed E-state index contributed by atoms with van der Waals surface area (Å²) in [5, 5.41) is 10.1. The lowest BCUT2D eigenvalue weighted by Crippen LogP contribution is -2.49. The molecule has 1 aromatic rings. The first-order chi connectivity index (χ1) is 11.3. The van der Waals surface area contributed by atoms with Gasteiger partial charge in [0.2, 0.25) is 0 Å². The van der Waals surface area contributed by atoms with E-state index in [1.54, 1.807) is 0 Å². The fraction of sp³-hybridized carbons (Fsp3) is 0.727. The van der Waals surface area contributed by atoms with Crippen molar-refractivity contribution in [1.82, 2.24) is 4.90 Å². The van der Waals surface area contributed by atoms with Crippen LogP contribution < -0.4 is 0 Å². The van der Waals surface area contributed by atoms with Crippen LogP contribution >= 0.6 is 0 Å². The lowest BCUT2D eigenvalue weighted by molar-refractivity contribution is 0.0796. The van der Waals surface area contributed by atoms with Crippen LogP contribution in [-0.2, 0) is 11.8 Å². The maximum atomic E-state index is 10.1. The van der Waals surface area contributed by atoms with E-state index in [0.717, 1.165) is 0 Å². The van der Waals surface area contributed by atoms with Gasteiger partial charge in [-0.1, -0.05) is 33.8 Å². The van der Waals surface area contributed by atoms with E-state index >= 15 is 0 Å². The molecule has 1 N–H and O–H groups in total. The molecule has 24 heavy (non-hydrogen) atoms. The molecule has 2 heteroatoms. The van der Waals surface area contributed by atoms with Crippen LogP contribution in [0.5, 0.6) is 5.75 Å². The van der Waals surface area contributed by atoms with Gasteiger partial charge in [-0.3, -0.25) is 4.90 Å². The number of aromatic hydroxyl groups is 1. The van der Waals surface area contributed by atoms with E-state index < -0.39 is 0 Å². The number of likely N-dealkylation sites (tertiary alicyclic amines) is 1. The number of rotatable bonds is 3. The van der Waals surface area contributed by atoms with E-state index in [2.05, 4.69) is 44.7 Å². The Morgan fingerprint density at radius 1 is 1.17 bits per heavy atom. The number of piperidine rings is 1. The first kappa shape index (κ1) is 15.3. The van der Waals surface area contributed by atoms with Gasteiger partial charge >= 0.3 is 0 Å². The van der Waals surface area contributed by atoms with Crippen molar-refractivity contribution in [3.63, 3.8) is 0 Å². The first-order valence-corrected chi connectivity index (χ1v) is 9.86. The van der Waals surface area contributed by atoms with Crippen LogP contribution in [0, 0.1) is 16.2 Å². The third-order valence-corrected chi connectivity index (χ3v) is 8.63. The molecule has 0 radical (unpaired) electrons. The standard InChI is InChI=1S/C22H31NO/c1-5-21-10-11-23(14-20(4)8-9-20)18-19(2,3)22(18,21)13-15-6-7-16(24)12-17(15)21/h6-7,12,18,24H,5,8-11,13-14H2,1-4H3. The lowest BCUT2D eigenvalue weighted by atomic mass is 9.64. The topological polar surface area (TPSA) is 23.5 Å². The maximum Gasteiger partial charge on any atom is 0.115 e. The molecule has 3 fully saturated rings. The molecule has 3 aliphatic carbocycles. The van der Waals surface area contributed by atoms with Gasteiger partial charge < -0.3 is 5.11 Å². The average molecular weight is 325 g/mol. The van der Waals surface area contributed by atoms with Gasteiger partial charge in [-0.15, -0.1) is 0 Å². The maximum absolute atomic E-state index is 10.1. The third kappa shape index (κ3) is 1.53. The predicted molar refractivity (Wildman–Crippen MR) is 97.3 cm³/mol. The number of phenolic OH excluding ortho intramolecular Hbond substituents is 1. The number of hydrogen-bond donors (Lipinski definition) is 1. The molecule has 2 nitrogen and oxygen atoms in total. The van der Waals surface area contributed by atoms with E-state index in [0.29, 0.717) is 28.0 Å². The molecule has 0 aromatic heterocycles. The molecule has 1 heterocycles. The van der Waals surface area contributed by atoms with Gasteiger partial charge in [0.05, 0.1) is 0 Å². The number of nitrogens with zero attached hydrogens (tertiary/aromatic N) is 1.